The van der Waals surface area contributed by atoms with Crippen molar-refractivity contribution in [2.75, 3.05) is 0 Å². The molecule has 0 fully saturated rings. The number of aromatic nitrogens is 2. The highest BCUT2D eigenvalue weighted by Gasteiger charge is 2.21. The summed E-state index contributed by atoms with van der Waals surface area (Å²) in [4.78, 5) is 32.6. The molecule has 0 aliphatic heterocycles. The topological polar surface area (TPSA) is 116 Å². The molecule has 8 heteroatoms. The summed E-state index contributed by atoms with van der Waals surface area (Å²) in [6.07, 6.45) is 1.21. The first-order valence-corrected chi connectivity index (χ1v) is 12.8. The Hall–Kier alpha value is -4.72. The number of aryl methyl sites for hydroxylation is 3. The summed E-state index contributed by atoms with van der Waals surface area (Å²) in [5, 5.41) is 9.71. The van der Waals surface area contributed by atoms with E-state index >= 15 is 0 Å². The Morgan fingerprint density at radius 3 is 2.44 bits per heavy atom. The smallest absolute Gasteiger partial charge is 0.345 e. The van der Waals surface area contributed by atoms with Gasteiger partial charge >= 0.3 is 5.97 Å². The largest absolute Gasteiger partial charge is 0.478 e. The van der Waals surface area contributed by atoms with E-state index in [0.29, 0.717) is 40.6 Å². The minimum Gasteiger partial charge on any atom is -0.478 e. The molecule has 0 aliphatic carbocycles. The van der Waals surface area contributed by atoms with Gasteiger partial charge in [-0.2, -0.15) is 0 Å². The molecule has 2 aromatic heterocycles. The highest BCUT2D eigenvalue weighted by Crippen LogP contribution is 2.24. The van der Waals surface area contributed by atoms with Gasteiger partial charge in [0.25, 0.3) is 0 Å². The normalized spacial score (nSPS) is 11.9. The zero-order valence-corrected chi connectivity index (χ0v) is 21.7. The SMILES string of the molecule is CC(=O)c1ccc(O[C@@H](Cc2ccc3oc(CCCc4nc(-c5ccccc5)oc4C)nc3c2)C(=O)O)cc1. The van der Waals surface area contributed by atoms with Crippen LogP contribution in [0, 0.1) is 6.92 Å². The molecule has 1 N–H and O–H groups in total. The van der Waals surface area contributed by atoms with Crippen molar-refractivity contribution >= 4 is 22.9 Å². The van der Waals surface area contributed by atoms with Crippen molar-refractivity contribution in [2.45, 2.75) is 45.6 Å². The van der Waals surface area contributed by atoms with Gasteiger partial charge in [0.2, 0.25) is 5.89 Å². The molecule has 3 aromatic carbocycles. The van der Waals surface area contributed by atoms with Crippen molar-refractivity contribution < 1.29 is 28.3 Å². The third-order valence-electron chi connectivity index (χ3n) is 6.45. The van der Waals surface area contributed by atoms with E-state index in [1.807, 2.05) is 49.4 Å². The fourth-order valence-corrected chi connectivity index (χ4v) is 4.35. The van der Waals surface area contributed by atoms with Crippen LogP contribution in [-0.2, 0) is 24.1 Å². The van der Waals surface area contributed by atoms with Crippen molar-refractivity contribution in [3.05, 3.63) is 101 Å². The maximum Gasteiger partial charge on any atom is 0.345 e. The molecule has 0 aliphatic rings. The Labute approximate surface area is 225 Å². The second kappa shape index (κ2) is 11.3. The predicted molar refractivity (Wildman–Crippen MR) is 145 cm³/mol. The zero-order chi connectivity index (χ0) is 27.4. The fraction of sp³-hybridized carbons (Fsp3) is 0.226. The molecule has 8 nitrogen and oxygen atoms in total. The molecule has 39 heavy (non-hydrogen) atoms. The van der Waals surface area contributed by atoms with Crippen LogP contribution in [0.4, 0.5) is 0 Å². The van der Waals surface area contributed by atoms with E-state index in [0.717, 1.165) is 35.4 Å². The van der Waals surface area contributed by atoms with Crippen LogP contribution < -0.4 is 4.74 Å². The number of aliphatic carboxylic acids is 1. The van der Waals surface area contributed by atoms with Crippen LogP contribution in [0.15, 0.2) is 81.6 Å². The first-order valence-electron chi connectivity index (χ1n) is 12.8. The number of hydrogen-bond acceptors (Lipinski definition) is 7. The number of carbonyl (C=O) groups excluding carboxylic acids is 1. The van der Waals surface area contributed by atoms with E-state index in [-0.39, 0.29) is 12.2 Å². The molecule has 0 spiro atoms. The molecule has 0 amide bonds. The Bertz CT molecular complexity index is 1600. The van der Waals surface area contributed by atoms with E-state index in [4.69, 9.17) is 13.6 Å². The number of carbonyl (C=O) groups is 2. The molecule has 5 aromatic rings. The number of hydrogen-bond donors (Lipinski definition) is 1. The lowest BCUT2D eigenvalue weighted by Crippen LogP contribution is -2.29. The van der Waals surface area contributed by atoms with Crippen molar-refractivity contribution in [3.63, 3.8) is 0 Å². The summed E-state index contributed by atoms with van der Waals surface area (Å²) in [7, 11) is 0. The highest BCUT2D eigenvalue weighted by atomic mass is 16.5. The molecule has 0 saturated heterocycles. The van der Waals surface area contributed by atoms with Gasteiger partial charge < -0.3 is 18.7 Å². The van der Waals surface area contributed by atoms with Gasteiger partial charge in [-0.15, -0.1) is 0 Å². The van der Waals surface area contributed by atoms with Crippen molar-refractivity contribution in [3.8, 4) is 17.2 Å². The first-order chi connectivity index (χ1) is 18.9. The summed E-state index contributed by atoms with van der Waals surface area (Å²) in [5.41, 5.74) is 4.48. The average molecular weight is 525 g/mol. The summed E-state index contributed by atoms with van der Waals surface area (Å²) in [5.74, 6) is 1.28. The number of Topliss-reactive ketones (excluding diaryl/α,β-unsaturated/α-hetero) is 1. The van der Waals surface area contributed by atoms with Gasteiger partial charge in [0, 0.05) is 24.0 Å². The second-order valence-corrected chi connectivity index (χ2v) is 9.38. The van der Waals surface area contributed by atoms with Crippen molar-refractivity contribution in [1.29, 1.82) is 0 Å². The van der Waals surface area contributed by atoms with Crippen molar-refractivity contribution in [2.24, 2.45) is 0 Å². The monoisotopic (exact) mass is 524 g/mol. The van der Waals surface area contributed by atoms with Gasteiger partial charge in [-0.05, 0) is 80.8 Å². The van der Waals surface area contributed by atoms with Crippen LogP contribution in [0.1, 0.15) is 46.6 Å². The average Bonchev–Trinajstić information content (AvgIpc) is 3.51. The quantitative estimate of drug-likeness (QED) is 0.202. The highest BCUT2D eigenvalue weighted by molar-refractivity contribution is 5.94. The van der Waals surface area contributed by atoms with E-state index in [2.05, 4.69) is 9.97 Å². The molecular formula is C31H28N2O6. The third kappa shape index (κ3) is 6.23. The second-order valence-electron chi connectivity index (χ2n) is 9.38. The standard InChI is InChI=1S/C31H28N2O6/c1-19(34)22-12-14-24(15-13-22)38-28(31(35)36)18-21-11-16-27-26(17-21)32-29(39-27)10-6-9-25-20(2)37-30(33-25)23-7-4-3-5-8-23/h3-5,7-8,11-17,28H,6,9-10,18H2,1-2H3,(H,35,36)/t28-/m0/s1. The summed E-state index contributed by atoms with van der Waals surface area (Å²) >= 11 is 0. The number of nitrogens with zero attached hydrogens (tertiary/aromatic N) is 2. The minimum absolute atomic E-state index is 0.0675. The number of ketones is 1. The number of ether oxygens (including phenoxy) is 1. The van der Waals surface area contributed by atoms with Crippen LogP contribution >= 0.6 is 0 Å². The Balaban J connectivity index is 1.21. The maximum absolute atomic E-state index is 11.9. The van der Waals surface area contributed by atoms with Crippen LogP contribution in [0.5, 0.6) is 5.75 Å². The molecule has 0 bridgehead atoms. The Morgan fingerprint density at radius 1 is 0.949 bits per heavy atom. The van der Waals surface area contributed by atoms with Crippen LogP contribution in [-0.4, -0.2) is 32.9 Å². The van der Waals surface area contributed by atoms with Crippen molar-refractivity contribution in [1.82, 2.24) is 9.97 Å². The molecule has 2 heterocycles. The number of oxazole rings is 2. The first kappa shape index (κ1) is 25.9. The number of benzene rings is 3. The summed E-state index contributed by atoms with van der Waals surface area (Å²) in [6, 6.07) is 21.7. The van der Waals surface area contributed by atoms with E-state index in [1.165, 1.54) is 6.92 Å². The molecule has 0 radical (unpaired) electrons. The Morgan fingerprint density at radius 2 is 1.72 bits per heavy atom. The number of fused-ring (bicyclic) bond motifs is 1. The molecule has 0 unspecified atom stereocenters. The van der Waals surface area contributed by atoms with Gasteiger partial charge in [-0.1, -0.05) is 24.3 Å². The van der Waals surface area contributed by atoms with E-state index in [9.17, 15) is 14.7 Å². The van der Waals surface area contributed by atoms with Gasteiger partial charge in [0.15, 0.2) is 23.4 Å². The third-order valence-corrected chi connectivity index (χ3v) is 6.45. The lowest BCUT2D eigenvalue weighted by molar-refractivity contribution is -0.145. The van der Waals surface area contributed by atoms with Gasteiger partial charge in [-0.25, -0.2) is 14.8 Å². The summed E-state index contributed by atoms with van der Waals surface area (Å²) < 4.78 is 17.5. The van der Waals surface area contributed by atoms with Crippen LogP contribution in [0.3, 0.4) is 0 Å². The fourth-order valence-electron chi connectivity index (χ4n) is 4.35. The lowest BCUT2D eigenvalue weighted by atomic mass is 10.1. The predicted octanol–water partition coefficient (Wildman–Crippen LogP) is 6.24. The molecular weight excluding hydrogens is 496 g/mol. The molecule has 198 valence electrons. The zero-order valence-electron chi connectivity index (χ0n) is 21.7. The van der Waals surface area contributed by atoms with Gasteiger partial charge in [0.1, 0.15) is 17.0 Å². The molecule has 1 atom stereocenters. The maximum atomic E-state index is 11.9. The summed E-state index contributed by atoms with van der Waals surface area (Å²) in [6.45, 7) is 3.39. The van der Waals surface area contributed by atoms with Gasteiger partial charge in [0.05, 0.1) is 5.69 Å². The Kier molecular flexibility index (Phi) is 7.54. The number of carboxylic acid groups (broad SMARTS) is 1. The van der Waals surface area contributed by atoms with E-state index < -0.39 is 12.1 Å². The lowest BCUT2D eigenvalue weighted by Gasteiger charge is -2.15. The minimum atomic E-state index is -1.09. The number of rotatable bonds is 11. The number of carboxylic acids is 1. The van der Waals surface area contributed by atoms with Crippen LogP contribution in [0.2, 0.25) is 0 Å². The van der Waals surface area contributed by atoms with E-state index in [1.54, 1.807) is 30.3 Å². The molecule has 0 saturated carbocycles. The van der Waals surface area contributed by atoms with Gasteiger partial charge in [-0.3, -0.25) is 4.79 Å². The van der Waals surface area contributed by atoms with Crippen LogP contribution in [0.25, 0.3) is 22.6 Å². The molecule has 5 rings (SSSR count).